The van der Waals surface area contributed by atoms with Crippen molar-refractivity contribution in [2.45, 2.75) is 6.92 Å². The molecule has 0 aliphatic heterocycles. The number of para-hydroxylation sites is 1. The molecule has 0 unspecified atom stereocenters. The number of rotatable bonds is 2. The highest BCUT2D eigenvalue weighted by Crippen LogP contribution is 2.27. The molecule has 1 N–H and O–H groups in total. The number of nitrogens with one attached hydrogen (secondary N) is 1. The molecule has 0 aliphatic carbocycles. The molecule has 0 atom stereocenters. The molecule has 0 aliphatic rings. The van der Waals surface area contributed by atoms with Gasteiger partial charge < -0.3 is 0 Å². The van der Waals surface area contributed by atoms with Gasteiger partial charge in [-0.25, -0.2) is 0 Å². The largest absolute Gasteiger partial charge is 0.293 e. The van der Waals surface area contributed by atoms with Gasteiger partial charge in [0.2, 0.25) is 0 Å². The number of nitrogens with zero attached hydrogens (tertiary/aromatic N) is 1. The highest BCUT2D eigenvalue weighted by Gasteiger charge is 2.13. The van der Waals surface area contributed by atoms with Gasteiger partial charge in [0.05, 0.1) is 4.92 Å². The Morgan fingerprint density at radius 1 is 1.58 bits per heavy atom. The zero-order valence-corrected chi connectivity index (χ0v) is 7.13. The molecule has 0 fully saturated rings. The van der Waals surface area contributed by atoms with Crippen LogP contribution in [0.3, 0.4) is 0 Å². The van der Waals surface area contributed by atoms with Crippen molar-refractivity contribution < 1.29 is 4.92 Å². The second-order valence-corrected chi connectivity index (χ2v) is 2.51. The first-order valence-corrected chi connectivity index (χ1v) is 3.65. The molecule has 0 bridgehead atoms. The fourth-order valence-corrected chi connectivity index (χ4v) is 1.17. The smallest absolute Gasteiger partial charge is 0.292 e. The lowest BCUT2D eigenvalue weighted by Gasteiger charge is -2.02. The first-order chi connectivity index (χ1) is 5.66. The van der Waals surface area contributed by atoms with Crippen molar-refractivity contribution in [1.82, 2.24) is 0 Å². The van der Waals surface area contributed by atoms with Crippen molar-refractivity contribution in [2.75, 3.05) is 4.84 Å². The summed E-state index contributed by atoms with van der Waals surface area (Å²) < 4.78 is 0. The van der Waals surface area contributed by atoms with Gasteiger partial charge in [-0.2, -0.15) is 0 Å². The van der Waals surface area contributed by atoms with Gasteiger partial charge in [0.15, 0.2) is 0 Å². The van der Waals surface area contributed by atoms with Crippen molar-refractivity contribution in [1.29, 1.82) is 0 Å². The molecule has 1 rings (SSSR count). The maximum atomic E-state index is 10.4. The van der Waals surface area contributed by atoms with Crippen LogP contribution in [0.15, 0.2) is 18.2 Å². The fourth-order valence-electron chi connectivity index (χ4n) is 0.927. The zero-order valence-electron chi connectivity index (χ0n) is 6.37. The SMILES string of the molecule is Cc1cccc([N+](=O)[O-])c1NCl. The number of nitro groups is 1. The molecule has 0 radical (unpaired) electrons. The Balaban J connectivity index is 3.27. The molecular weight excluding hydrogens is 180 g/mol. The molecule has 64 valence electrons. The molecule has 0 saturated heterocycles. The molecule has 1 aromatic carbocycles. The average Bonchev–Trinajstić information content (AvgIpc) is 2.03. The predicted molar refractivity (Wildman–Crippen MR) is 47.3 cm³/mol. The Morgan fingerprint density at radius 2 is 2.25 bits per heavy atom. The number of halogens is 1. The van der Waals surface area contributed by atoms with Crippen LogP contribution in [0.5, 0.6) is 0 Å². The Morgan fingerprint density at radius 3 is 2.67 bits per heavy atom. The highest BCUT2D eigenvalue weighted by molar-refractivity contribution is 6.24. The second-order valence-electron chi connectivity index (χ2n) is 2.32. The lowest BCUT2D eigenvalue weighted by atomic mass is 10.2. The molecule has 0 aromatic heterocycles. The van der Waals surface area contributed by atoms with E-state index in [2.05, 4.69) is 4.84 Å². The predicted octanol–water partition coefficient (Wildman–Crippen LogP) is 2.47. The minimum Gasteiger partial charge on any atom is -0.292 e. The van der Waals surface area contributed by atoms with Gasteiger partial charge in [-0.15, -0.1) is 0 Å². The second kappa shape index (κ2) is 3.40. The van der Waals surface area contributed by atoms with E-state index < -0.39 is 4.92 Å². The summed E-state index contributed by atoms with van der Waals surface area (Å²) in [6.07, 6.45) is 0. The van der Waals surface area contributed by atoms with Crippen molar-refractivity contribution in [3.63, 3.8) is 0 Å². The van der Waals surface area contributed by atoms with E-state index in [-0.39, 0.29) is 5.69 Å². The molecule has 12 heavy (non-hydrogen) atoms. The quantitative estimate of drug-likeness (QED) is 0.439. The van der Waals surface area contributed by atoms with E-state index in [1.54, 1.807) is 19.1 Å². The molecule has 4 nitrogen and oxygen atoms in total. The van der Waals surface area contributed by atoms with Gasteiger partial charge in [0, 0.05) is 17.8 Å². The standard InChI is InChI=1S/C7H7ClN2O2/c1-5-3-2-4-6(10(11)12)7(5)9-8/h2-4,9H,1H3. The summed E-state index contributed by atoms with van der Waals surface area (Å²) >= 11 is 5.33. The third kappa shape index (κ3) is 1.48. The number of aryl methyl sites for hydroxylation is 1. The topological polar surface area (TPSA) is 55.2 Å². The third-order valence-electron chi connectivity index (χ3n) is 1.54. The Hall–Kier alpha value is -1.29. The van der Waals surface area contributed by atoms with Crippen LogP contribution in [0.25, 0.3) is 0 Å². The summed E-state index contributed by atoms with van der Waals surface area (Å²) in [5, 5.41) is 10.4. The van der Waals surface area contributed by atoms with Gasteiger partial charge in [0.1, 0.15) is 5.69 Å². The maximum absolute atomic E-state index is 10.4. The Kier molecular flexibility index (Phi) is 2.50. The van der Waals surface area contributed by atoms with E-state index in [0.717, 1.165) is 5.56 Å². The summed E-state index contributed by atoms with van der Waals surface area (Å²) in [7, 11) is 0. The summed E-state index contributed by atoms with van der Waals surface area (Å²) in [4.78, 5) is 12.2. The highest BCUT2D eigenvalue weighted by atomic mass is 35.5. The lowest BCUT2D eigenvalue weighted by molar-refractivity contribution is -0.383. The molecule has 0 heterocycles. The third-order valence-corrected chi connectivity index (χ3v) is 1.73. The van der Waals surface area contributed by atoms with Crippen LogP contribution in [-0.4, -0.2) is 4.92 Å². The Bertz CT molecular complexity index is 314. The molecule has 1 aromatic rings. The van der Waals surface area contributed by atoms with E-state index in [4.69, 9.17) is 11.8 Å². The summed E-state index contributed by atoms with van der Waals surface area (Å²) in [6.45, 7) is 1.75. The lowest BCUT2D eigenvalue weighted by Crippen LogP contribution is -1.94. The first-order valence-electron chi connectivity index (χ1n) is 3.27. The van der Waals surface area contributed by atoms with Crippen LogP contribution < -0.4 is 4.84 Å². The van der Waals surface area contributed by atoms with Gasteiger partial charge in [-0.1, -0.05) is 12.1 Å². The minimum atomic E-state index is -0.474. The van der Waals surface area contributed by atoms with E-state index >= 15 is 0 Å². The number of nitro benzene ring substituents is 1. The molecule has 0 saturated carbocycles. The van der Waals surface area contributed by atoms with Crippen LogP contribution >= 0.6 is 11.8 Å². The maximum Gasteiger partial charge on any atom is 0.293 e. The molecule has 0 amide bonds. The van der Waals surface area contributed by atoms with E-state index in [9.17, 15) is 10.1 Å². The number of hydrogen-bond acceptors (Lipinski definition) is 3. The Labute approximate surface area is 74.4 Å². The van der Waals surface area contributed by atoms with E-state index in [0.29, 0.717) is 5.69 Å². The van der Waals surface area contributed by atoms with Gasteiger partial charge >= 0.3 is 0 Å². The van der Waals surface area contributed by atoms with E-state index in [1.165, 1.54) is 6.07 Å². The summed E-state index contributed by atoms with van der Waals surface area (Å²) in [5.74, 6) is 0. The zero-order chi connectivity index (χ0) is 9.14. The first kappa shape index (κ1) is 8.80. The normalized spacial score (nSPS) is 9.50. The molecule has 0 spiro atoms. The summed E-state index contributed by atoms with van der Waals surface area (Å²) in [5.41, 5.74) is 1.09. The van der Waals surface area contributed by atoms with Crippen LogP contribution in [0.1, 0.15) is 5.56 Å². The van der Waals surface area contributed by atoms with Crippen molar-refractivity contribution >= 4 is 23.2 Å². The monoisotopic (exact) mass is 186 g/mol. The van der Waals surface area contributed by atoms with Crippen molar-refractivity contribution in [3.8, 4) is 0 Å². The van der Waals surface area contributed by atoms with Gasteiger partial charge in [0.25, 0.3) is 5.69 Å². The number of benzene rings is 1. The average molecular weight is 187 g/mol. The van der Waals surface area contributed by atoms with Gasteiger partial charge in [-0.3, -0.25) is 15.0 Å². The van der Waals surface area contributed by atoms with Crippen LogP contribution in [0, 0.1) is 17.0 Å². The van der Waals surface area contributed by atoms with Crippen molar-refractivity contribution in [3.05, 3.63) is 33.9 Å². The van der Waals surface area contributed by atoms with Crippen LogP contribution in [0.2, 0.25) is 0 Å². The van der Waals surface area contributed by atoms with Crippen LogP contribution in [0.4, 0.5) is 11.4 Å². The minimum absolute atomic E-state index is 0.00926. The van der Waals surface area contributed by atoms with Crippen LogP contribution in [-0.2, 0) is 0 Å². The summed E-state index contributed by atoms with van der Waals surface area (Å²) in [6, 6.07) is 4.76. The number of anilines is 1. The van der Waals surface area contributed by atoms with E-state index in [1.807, 2.05) is 0 Å². The molecule has 5 heteroatoms. The fraction of sp³-hybridized carbons (Fsp3) is 0.143. The van der Waals surface area contributed by atoms with Gasteiger partial charge in [-0.05, 0) is 12.5 Å². The molecular formula is C7H7ClN2O2. The number of hydrogen-bond donors (Lipinski definition) is 1. The van der Waals surface area contributed by atoms with Crippen molar-refractivity contribution in [2.24, 2.45) is 0 Å².